The first-order chi connectivity index (χ1) is 9.33. The van der Waals surface area contributed by atoms with E-state index < -0.39 is 0 Å². The van der Waals surface area contributed by atoms with Gasteiger partial charge in [0.25, 0.3) is 0 Å². The van der Waals surface area contributed by atoms with Crippen molar-refractivity contribution >= 4 is 0 Å². The molecule has 98 valence electrons. The summed E-state index contributed by atoms with van der Waals surface area (Å²) in [6, 6.07) is 17.9. The summed E-state index contributed by atoms with van der Waals surface area (Å²) in [7, 11) is 0. The lowest BCUT2D eigenvalue weighted by Crippen LogP contribution is -2.12. The molecule has 0 bridgehead atoms. The van der Waals surface area contributed by atoms with E-state index >= 15 is 0 Å². The van der Waals surface area contributed by atoms with Crippen LogP contribution in [0.15, 0.2) is 54.6 Å². The first-order valence-corrected chi connectivity index (χ1v) is 7.13. The van der Waals surface area contributed by atoms with E-state index in [0.29, 0.717) is 11.8 Å². The molecule has 3 rings (SSSR count). The number of benzene rings is 2. The van der Waals surface area contributed by atoms with Crippen LogP contribution in [-0.2, 0) is 0 Å². The Balaban J connectivity index is 1.67. The molecule has 1 aliphatic rings. The second-order valence-electron chi connectivity index (χ2n) is 5.51. The standard InChI is InChI=1S/C18H19F/c19-18-8-4-7-17(13-18)16-11-9-15(10-12-16)14-5-2-1-3-6-14/h1-8,13,15-16H,9-12H2. The minimum Gasteiger partial charge on any atom is -0.207 e. The summed E-state index contributed by atoms with van der Waals surface area (Å²) >= 11 is 0. The zero-order valence-electron chi connectivity index (χ0n) is 11.1. The zero-order chi connectivity index (χ0) is 13.1. The van der Waals surface area contributed by atoms with Crippen molar-refractivity contribution in [1.29, 1.82) is 0 Å². The van der Waals surface area contributed by atoms with Gasteiger partial charge in [-0.05, 0) is 60.8 Å². The van der Waals surface area contributed by atoms with Gasteiger partial charge in [0.1, 0.15) is 5.82 Å². The van der Waals surface area contributed by atoms with E-state index in [9.17, 15) is 4.39 Å². The van der Waals surface area contributed by atoms with Crippen molar-refractivity contribution in [2.75, 3.05) is 0 Å². The number of halogens is 1. The predicted molar refractivity (Wildman–Crippen MR) is 76.8 cm³/mol. The maximum atomic E-state index is 13.3. The van der Waals surface area contributed by atoms with Gasteiger partial charge in [-0.3, -0.25) is 0 Å². The Kier molecular flexibility index (Phi) is 3.63. The third kappa shape index (κ3) is 2.86. The Bertz CT molecular complexity index is 524. The smallest absolute Gasteiger partial charge is 0.123 e. The maximum absolute atomic E-state index is 13.3. The van der Waals surface area contributed by atoms with Gasteiger partial charge in [0, 0.05) is 0 Å². The normalized spacial score (nSPS) is 23.2. The van der Waals surface area contributed by atoms with Crippen molar-refractivity contribution in [3.63, 3.8) is 0 Å². The molecule has 0 nitrogen and oxygen atoms in total. The monoisotopic (exact) mass is 254 g/mol. The van der Waals surface area contributed by atoms with Gasteiger partial charge in [0.15, 0.2) is 0 Å². The average molecular weight is 254 g/mol. The molecule has 2 aromatic carbocycles. The van der Waals surface area contributed by atoms with E-state index in [4.69, 9.17) is 0 Å². The molecule has 1 heteroatoms. The molecule has 2 aromatic rings. The van der Waals surface area contributed by atoms with Crippen LogP contribution in [0, 0.1) is 5.82 Å². The quantitative estimate of drug-likeness (QED) is 0.685. The highest BCUT2D eigenvalue weighted by atomic mass is 19.1. The first-order valence-electron chi connectivity index (χ1n) is 7.13. The first kappa shape index (κ1) is 12.4. The Morgan fingerprint density at radius 3 is 1.89 bits per heavy atom. The van der Waals surface area contributed by atoms with E-state index in [1.54, 1.807) is 6.07 Å². The van der Waals surface area contributed by atoms with E-state index in [1.165, 1.54) is 42.9 Å². The summed E-state index contributed by atoms with van der Waals surface area (Å²) in [6.45, 7) is 0. The van der Waals surface area contributed by atoms with Gasteiger partial charge >= 0.3 is 0 Å². The number of hydrogen-bond acceptors (Lipinski definition) is 0. The third-order valence-electron chi connectivity index (χ3n) is 4.32. The Morgan fingerprint density at radius 1 is 0.684 bits per heavy atom. The second-order valence-corrected chi connectivity index (χ2v) is 5.51. The van der Waals surface area contributed by atoms with Crippen LogP contribution in [0.1, 0.15) is 48.6 Å². The van der Waals surface area contributed by atoms with Gasteiger partial charge in [0.2, 0.25) is 0 Å². The summed E-state index contributed by atoms with van der Waals surface area (Å²) in [5.74, 6) is 1.12. The minimum atomic E-state index is -0.109. The van der Waals surface area contributed by atoms with Crippen molar-refractivity contribution in [1.82, 2.24) is 0 Å². The van der Waals surface area contributed by atoms with Crippen molar-refractivity contribution in [3.8, 4) is 0 Å². The molecule has 0 amide bonds. The average Bonchev–Trinajstić information content (AvgIpc) is 2.48. The minimum absolute atomic E-state index is 0.109. The molecule has 1 aliphatic carbocycles. The fraction of sp³-hybridized carbons (Fsp3) is 0.333. The molecule has 0 heterocycles. The van der Waals surface area contributed by atoms with Crippen molar-refractivity contribution in [2.24, 2.45) is 0 Å². The lowest BCUT2D eigenvalue weighted by Gasteiger charge is -2.29. The van der Waals surface area contributed by atoms with Crippen LogP contribution < -0.4 is 0 Å². The fourth-order valence-electron chi connectivity index (χ4n) is 3.25. The zero-order valence-corrected chi connectivity index (χ0v) is 11.1. The summed E-state index contributed by atoms with van der Waals surface area (Å²) in [4.78, 5) is 0. The highest BCUT2D eigenvalue weighted by molar-refractivity contribution is 5.24. The van der Waals surface area contributed by atoms with Crippen LogP contribution in [0.3, 0.4) is 0 Å². The van der Waals surface area contributed by atoms with Crippen molar-refractivity contribution in [2.45, 2.75) is 37.5 Å². The molecule has 0 radical (unpaired) electrons. The number of rotatable bonds is 2. The molecule has 19 heavy (non-hydrogen) atoms. The topological polar surface area (TPSA) is 0 Å². The lowest BCUT2D eigenvalue weighted by molar-refractivity contribution is 0.395. The maximum Gasteiger partial charge on any atom is 0.123 e. The Morgan fingerprint density at radius 2 is 1.26 bits per heavy atom. The highest BCUT2D eigenvalue weighted by Crippen LogP contribution is 2.40. The van der Waals surface area contributed by atoms with E-state index in [1.807, 2.05) is 6.07 Å². The van der Waals surface area contributed by atoms with Crippen LogP contribution in [0.4, 0.5) is 4.39 Å². The summed E-state index contributed by atoms with van der Waals surface area (Å²) in [5.41, 5.74) is 2.63. The number of hydrogen-bond donors (Lipinski definition) is 0. The van der Waals surface area contributed by atoms with Gasteiger partial charge < -0.3 is 0 Å². The van der Waals surface area contributed by atoms with Crippen LogP contribution in [0.25, 0.3) is 0 Å². The molecule has 1 saturated carbocycles. The van der Waals surface area contributed by atoms with Crippen molar-refractivity contribution in [3.05, 3.63) is 71.5 Å². The largest absolute Gasteiger partial charge is 0.207 e. The SMILES string of the molecule is Fc1cccc(C2CCC(c3ccccc3)CC2)c1. The van der Waals surface area contributed by atoms with Crippen molar-refractivity contribution < 1.29 is 4.39 Å². The van der Waals surface area contributed by atoms with Gasteiger partial charge in [-0.1, -0.05) is 42.5 Å². The van der Waals surface area contributed by atoms with E-state index in [-0.39, 0.29) is 5.82 Å². The van der Waals surface area contributed by atoms with Crippen LogP contribution in [0.5, 0.6) is 0 Å². The fourth-order valence-corrected chi connectivity index (χ4v) is 3.25. The van der Waals surface area contributed by atoms with Gasteiger partial charge in [-0.2, -0.15) is 0 Å². The second kappa shape index (κ2) is 5.56. The molecule has 0 atom stereocenters. The predicted octanol–water partition coefficient (Wildman–Crippen LogP) is 5.27. The third-order valence-corrected chi connectivity index (χ3v) is 4.32. The van der Waals surface area contributed by atoms with Gasteiger partial charge in [-0.25, -0.2) is 4.39 Å². The van der Waals surface area contributed by atoms with E-state index in [2.05, 4.69) is 36.4 Å². The molecule has 0 unspecified atom stereocenters. The van der Waals surface area contributed by atoms with Gasteiger partial charge in [-0.15, -0.1) is 0 Å². The molecule has 1 fully saturated rings. The van der Waals surface area contributed by atoms with Crippen LogP contribution in [-0.4, -0.2) is 0 Å². The molecule has 0 aliphatic heterocycles. The lowest BCUT2D eigenvalue weighted by atomic mass is 9.76. The van der Waals surface area contributed by atoms with Gasteiger partial charge in [0.05, 0.1) is 0 Å². The molecular formula is C18H19F. The Labute approximate surface area is 114 Å². The summed E-state index contributed by atoms with van der Waals surface area (Å²) in [6.07, 6.45) is 4.77. The summed E-state index contributed by atoms with van der Waals surface area (Å²) in [5, 5.41) is 0. The van der Waals surface area contributed by atoms with E-state index in [0.717, 1.165) is 0 Å². The molecule has 0 aromatic heterocycles. The van der Waals surface area contributed by atoms with Crippen LogP contribution in [0.2, 0.25) is 0 Å². The molecule has 0 N–H and O–H groups in total. The molecule has 0 spiro atoms. The summed E-state index contributed by atoms with van der Waals surface area (Å²) < 4.78 is 13.3. The highest BCUT2D eigenvalue weighted by Gasteiger charge is 2.23. The Hall–Kier alpha value is -1.63. The van der Waals surface area contributed by atoms with Crippen LogP contribution >= 0.6 is 0 Å². The molecular weight excluding hydrogens is 235 g/mol. The molecule has 0 saturated heterocycles.